The van der Waals surface area contributed by atoms with E-state index in [1.54, 1.807) is 0 Å². The Kier molecular flexibility index (Phi) is 6.69. The number of pyridine rings is 1. The molecule has 0 spiro atoms. The summed E-state index contributed by atoms with van der Waals surface area (Å²) in [6, 6.07) is 12.9. The Morgan fingerprint density at radius 3 is 2.56 bits per heavy atom. The van der Waals surface area contributed by atoms with Crippen LogP contribution in [0, 0.1) is 6.92 Å². The molecule has 0 saturated carbocycles. The Balaban J connectivity index is 0.000000219. The molecule has 2 saturated heterocycles. The van der Waals surface area contributed by atoms with Crippen molar-refractivity contribution in [3.63, 3.8) is 0 Å². The van der Waals surface area contributed by atoms with E-state index in [-0.39, 0.29) is 0 Å². The van der Waals surface area contributed by atoms with E-state index in [0.29, 0.717) is 6.04 Å². The second kappa shape index (κ2) is 9.42. The van der Waals surface area contributed by atoms with E-state index in [4.69, 9.17) is 4.74 Å². The summed E-state index contributed by atoms with van der Waals surface area (Å²) < 4.78 is 5.84. The number of hydrogen-bond donors (Lipinski definition) is 1. The summed E-state index contributed by atoms with van der Waals surface area (Å²) in [6.07, 6.45) is 8.81. The van der Waals surface area contributed by atoms with E-state index in [1.165, 1.54) is 36.9 Å². The molecule has 1 unspecified atom stereocenters. The summed E-state index contributed by atoms with van der Waals surface area (Å²) in [6.45, 7) is 6.26. The number of aromatic nitrogens is 1. The van der Waals surface area contributed by atoms with E-state index < -0.39 is 0 Å². The first-order valence-corrected chi connectivity index (χ1v) is 9.39. The largest absolute Gasteiger partial charge is 0.490 e. The molecule has 4 rings (SSSR count). The first kappa shape index (κ1) is 17.7. The molecule has 4 nitrogen and oxygen atoms in total. The van der Waals surface area contributed by atoms with E-state index in [1.807, 2.05) is 30.6 Å². The molecular formula is C21H29N3O. The van der Waals surface area contributed by atoms with Gasteiger partial charge in [0.15, 0.2) is 0 Å². The molecule has 25 heavy (non-hydrogen) atoms. The molecule has 0 radical (unpaired) electrons. The van der Waals surface area contributed by atoms with Crippen LogP contribution in [0.25, 0.3) is 0 Å². The average molecular weight is 339 g/mol. The van der Waals surface area contributed by atoms with Crippen LogP contribution in [-0.4, -0.2) is 37.3 Å². The lowest BCUT2D eigenvalue weighted by Gasteiger charge is -2.18. The highest BCUT2D eigenvalue weighted by atomic mass is 16.5. The van der Waals surface area contributed by atoms with Crippen molar-refractivity contribution in [1.29, 1.82) is 0 Å². The topological polar surface area (TPSA) is 37.4 Å². The lowest BCUT2D eigenvalue weighted by molar-refractivity contribution is 0.276. The van der Waals surface area contributed by atoms with Crippen LogP contribution in [0.4, 0.5) is 5.69 Å². The molecule has 2 aromatic rings. The number of nitrogens with zero attached hydrogens (tertiary/aromatic N) is 2. The molecule has 0 bridgehead atoms. The minimum absolute atomic E-state index is 0.514. The fourth-order valence-electron chi connectivity index (χ4n) is 3.26. The van der Waals surface area contributed by atoms with Crippen molar-refractivity contribution in [2.75, 3.05) is 31.1 Å². The summed E-state index contributed by atoms with van der Waals surface area (Å²) in [5.41, 5.74) is 2.52. The SMILES string of the molecule is Cc1ccccc1.c1ncc(N2CCCC2)cc1OCC1CCCN1. The van der Waals surface area contributed by atoms with Gasteiger partial charge < -0.3 is 15.0 Å². The van der Waals surface area contributed by atoms with Crippen LogP contribution in [0.5, 0.6) is 5.75 Å². The predicted molar refractivity (Wildman–Crippen MR) is 103 cm³/mol. The van der Waals surface area contributed by atoms with Crippen LogP contribution in [-0.2, 0) is 0 Å². The Hall–Kier alpha value is -2.07. The summed E-state index contributed by atoms with van der Waals surface area (Å²) in [4.78, 5) is 6.67. The summed E-state index contributed by atoms with van der Waals surface area (Å²) >= 11 is 0. The maximum atomic E-state index is 5.84. The third-order valence-corrected chi connectivity index (χ3v) is 4.72. The normalized spacial score (nSPS) is 19.4. The number of nitrogens with one attached hydrogen (secondary N) is 1. The number of anilines is 1. The van der Waals surface area contributed by atoms with Crippen molar-refractivity contribution in [1.82, 2.24) is 10.3 Å². The van der Waals surface area contributed by atoms with E-state index in [0.717, 1.165) is 32.0 Å². The third-order valence-electron chi connectivity index (χ3n) is 4.72. The summed E-state index contributed by atoms with van der Waals surface area (Å²) in [5, 5.41) is 3.44. The van der Waals surface area contributed by atoms with Crippen molar-refractivity contribution in [3.8, 4) is 5.75 Å². The predicted octanol–water partition coefficient (Wildman–Crippen LogP) is 3.81. The molecule has 0 amide bonds. The van der Waals surface area contributed by atoms with Gasteiger partial charge in [0.05, 0.1) is 18.1 Å². The molecule has 134 valence electrons. The minimum atomic E-state index is 0.514. The monoisotopic (exact) mass is 339 g/mol. The fourth-order valence-corrected chi connectivity index (χ4v) is 3.26. The molecule has 2 fully saturated rings. The third kappa shape index (κ3) is 5.75. The molecule has 1 aromatic heterocycles. The highest BCUT2D eigenvalue weighted by Crippen LogP contribution is 2.23. The quantitative estimate of drug-likeness (QED) is 0.919. The minimum Gasteiger partial charge on any atom is -0.490 e. The van der Waals surface area contributed by atoms with Crippen LogP contribution < -0.4 is 15.0 Å². The lowest BCUT2D eigenvalue weighted by Crippen LogP contribution is -2.28. The molecule has 2 aliphatic rings. The molecule has 0 aliphatic carbocycles. The average Bonchev–Trinajstić information content (AvgIpc) is 3.35. The molecule has 2 aliphatic heterocycles. The number of rotatable bonds is 4. The maximum Gasteiger partial charge on any atom is 0.139 e. The van der Waals surface area contributed by atoms with Crippen molar-refractivity contribution in [2.24, 2.45) is 0 Å². The zero-order valence-electron chi connectivity index (χ0n) is 15.2. The first-order valence-electron chi connectivity index (χ1n) is 9.39. The van der Waals surface area contributed by atoms with Crippen LogP contribution in [0.15, 0.2) is 48.8 Å². The van der Waals surface area contributed by atoms with Gasteiger partial charge in [0, 0.05) is 25.2 Å². The Bertz CT molecular complexity index is 620. The number of hydrogen-bond acceptors (Lipinski definition) is 4. The standard InChI is InChI=1S/C14H21N3O.C7H8/c1-2-7-17(6-1)13-8-14(10-15-9-13)18-11-12-4-3-5-16-12;1-7-5-3-2-4-6-7/h8-10,12,16H,1-7,11H2;2-6H,1H3. The van der Waals surface area contributed by atoms with E-state index in [9.17, 15) is 0 Å². The summed E-state index contributed by atoms with van der Waals surface area (Å²) in [5.74, 6) is 0.896. The van der Waals surface area contributed by atoms with Crippen LogP contribution in [0.3, 0.4) is 0 Å². The van der Waals surface area contributed by atoms with Gasteiger partial charge in [0.25, 0.3) is 0 Å². The molecular weight excluding hydrogens is 310 g/mol. The van der Waals surface area contributed by atoms with Gasteiger partial charge in [-0.2, -0.15) is 0 Å². The van der Waals surface area contributed by atoms with Gasteiger partial charge in [-0.05, 0) is 39.2 Å². The molecule has 4 heteroatoms. The maximum absolute atomic E-state index is 5.84. The number of aryl methyl sites for hydroxylation is 1. The highest BCUT2D eigenvalue weighted by molar-refractivity contribution is 5.48. The van der Waals surface area contributed by atoms with Gasteiger partial charge in [0.2, 0.25) is 0 Å². The van der Waals surface area contributed by atoms with Crippen molar-refractivity contribution in [2.45, 2.75) is 38.6 Å². The van der Waals surface area contributed by atoms with Crippen molar-refractivity contribution in [3.05, 3.63) is 54.4 Å². The molecule has 3 heterocycles. The summed E-state index contributed by atoms with van der Waals surface area (Å²) in [7, 11) is 0. The number of benzene rings is 1. The van der Waals surface area contributed by atoms with Crippen LogP contribution >= 0.6 is 0 Å². The molecule has 1 N–H and O–H groups in total. The molecule has 1 aromatic carbocycles. The smallest absolute Gasteiger partial charge is 0.139 e. The number of ether oxygens (including phenoxy) is 1. The van der Waals surface area contributed by atoms with Crippen molar-refractivity contribution < 1.29 is 4.74 Å². The van der Waals surface area contributed by atoms with E-state index in [2.05, 4.69) is 40.3 Å². The van der Waals surface area contributed by atoms with Crippen LogP contribution in [0.2, 0.25) is 0 Å². The van der Waals surface area contributed by atoms with E-state index >= 15 is 0 Å². The zero-order valence-corrected chi connectivity index (χ0v) is 15.2. The van der Waals surface area contributed by atoms with Crippen molar-refractivity contribution >= 4 is 5.69 Å². The van der Waals surface area contributed by atoms with Gasteiger partial charge in [-0.3, -0.25) is 4.98 Å². The Morgan fingerprint density at radius 2 is 1.92 bits per heavy atom. The van der Waals surface area contributed by atoms with Gasteiger partial charge in [0.1, 0.15) is 12.4 Å². The highest BCUT2D eigenvalue weighted by Gasteiger charge is 2.16. The van der Waals surface area contributed by atoms with Crippen LogP contribution in [0.1, 0.15) is 31.2 Å². The second-order valence-electron chi connectivity index (χ2n) is 6.83. The van der Waals surface area contributed by atoms with Gasteiger partial charge in [-0.1, -0.05) is 35.9 Å². The Morgan fingerprint density at radius 1 is 1.12 bits per heavy atom. The fraction of sp³-hybridized carbons (Fsp3) is 0.476. The second-order valence-corrected chi connectivity index (χ2v) is 6.83. The first-order chi connectivity index (χ1) is 12.3. The van der Waals surface area contributed by atoms with Gasteiger partial charge in [-0.15, -0.1) is 0 Å². The lowest BCUT2D eigenvalue weighted by atomic mass is 10.2. The Labute approximate surface area is 151 Å². The van der Waals surface area contributed by atoms with Gasteiger partial charge >= 0.3 is 0 Å². The molecule has 1 atom stereocenters. The zero-order chi connectivity index (χ0) is 17.3. The van der Waals surface area contributed by atoms with Gasteiger partial charge in [-0.25, -0.2) is 0 Å².